The quantitative estimate of drug-likeness (QED) is 0.0298. The third-order valence-corrected chi connectivity index (χ3v) is 17.5. The van der Waals surface area contributed by atoms with Gasteiger partial charge in [-0.05, 0) is 188 Å². The second-order valence-electron chi connectivity index (χ2n) is 22.0. The van der Waals surface area contributed by atoms with Crippen molar-refractivity contribution < 1.29 is 38.1 Å². The molecule has 4 aromatic rings. The molecule has 0 spiro atoms. The van der Waals surface area contributed by atoms with E-state index in [1.54, 1.807) is 26.4 Å². The minimum atomic E-state index is -1.56. The fraction of sp³-hybridized carbons (Fsp3) is 0.548. The molecule has 2 amide bonds. The summed E-state index contributed by atoms with van der Waals surface area (Å²) >= 11 is 7.12. The number of carbonyl (C=O) groups excluding carboxylic acids is 4. The molecular weight excluding hydrogens is 1120 g/mol. The average Bonchev–Trinajstić information content (AvgIpc) is 3.56. The molecule has 4 atom stereocenters. The van der Waals surface area contributed by atoms with Crippen LogP contribution in [0.3, 0.4) is 0 Å². The van der Waals surface area contributed by atoms with Crippen molar-refractivity contribution in [1.82, 2.24) is 20.4 Å². The number of unbranched alkanes of at least 4 members (excludes halogenated alkanes) is 6. The lowest BCUT2D eigenvalue weighted by atomic mass is 9.80. The monoisotopic (exact) mass is 1200 g/mol. The number of halogens is 2. The molecule has 0 aromatic heterocycles. The molecule has 0 radical (unpaired) electrons. The second-order valence-corrected chi connectivity index (χ2v) is 23.9. The van der Waals surface area contributed by atoms with Crippen molar-refractivity contribution >= 4 is 67.4 Å². The summed E-state index contributed by atoms with van der Waals surface area (Å²) in [6, 6.07) is 28.1. The Bertz CT molecular complexity index is 2430. The number of methoxy groups -OCH3 is 2. The van der Waals surface area contributed by atoms with Gasteiger partial charge in [-0.2, -0.15) is 0 Å². The van der Waals surface area contributed by atoms with Crippen molar-refractivity contribution in [3.63, 3.8) is 0 Å². The molecule has 4 heterocycles. The molecule has 0 aliphatic carbocycles. The average molecular weight is 1200 g/mol. The van der Waals surface area contributed by atoms with Gasteiger partial charge >= 0.3 is 24.1 Å². The molecule has 0 saturated carbocycles. The van der Waals surface area contributed by atoms with Crippen molar-refractivity contribution in [2.45, 2.75) is 179 Å². The molecule has 4 unspecified atom stereocenters. The lowest BCUT2D eigenvalue weighted by Gasteiger charge is -2.51. The fourth-order valence-corrected chi connectivity index (χ4v) is 13.7. The van der Waals surface area contributed by atoms with Gasteiger partial charge in [-0.15, -0.1) is 0 Å². The van der Waals surface area contributed by atoms with E-state index in [-0.39, 0.29) is 36.3 Å². The Morgan fingerprint density at radius 2 is 0.910 bits per heavy atom. The minimum absolute atomic E-state index is 0.237. The van der Waals surface area contributed by atoms with Gasteiger partial charge in [0, 0.05) is 58.3 Å². The van der Waals surface area contributed by atoms with Crippen molar-refractivity contribution in [2.75, 3.05) is 50.2 Å². The van der Waals surface area contributed by atoms with Crippen LogP contribution in [0.15, 0.2) is 93.9 Å². The Labute approximate surface area is 479 Å². The lowest BCUT2D eigenvalue weighted by molar-refractivity contribution is -0.159. The van der Waals surface area contributed by atoms with Crippen LogP contribution in [0.1, 0.15) is 138 Å². The van der Waals surface area contributed by atoms with Gasteiger partial charge in [0.25, 0.3) is 0 Å². The van der Waals surface area contributed by atoms with E-state index in [9.17, 15) is 19.2 Å². The Morgan fingerprint density at radius 3 is 1.28 bits per heavy atom. The predicted molar refractivity (Wildman–Crippen MR) is 314 cm³/mol. The Balaban J connectivity index is 0.878. The molecule has 4 bridgehead atoms. The van der Waals surface area contributed by atoms with Crippen molar-refractivity contribution in [1.29, 1.82) is 0 Å². The Morgan fingerprint density at radius 1 is 0.526 bits per heavy atom. The molecule has 4 aliphatic rings. The van der Waals surface area contributed by atoms with E-state index in [1.807, 2.05) is 50.2 Å². The van der Waals surface area contributed by atoms with Gasteiger partial charge in [0.15, 0.2) is 0 Å². The molecule has 4 fully saturated rings. The first-order valence-electron chi connectivity index (χ1n) is 28.7. The highest BCUT2D eigenvalue weighted by Gasteiger charge is 2.46. The first-order chi connectivity index (χ1) is 37.9. The maximum atomic E-state index is 14.6. The molecule has 8 rings (SSSR count). The van der Waals surface area contributed by atoms with E-state index in [0.29, 0.717) is 48.6 Å². The minimum Gasteiger partial charge on any atom is -0.495 e. The summed E-state index contributed by atoms with van der Waals surface area (Å²) < 4.78 is 24.7. The fourth-order valence-electron chi connectivity index (χ4n) is 12.8. The molecular formula is C62H82Br2N6O8. The number of carbonyl (C=O) groups is 4. The smallest absolute Gasteiger partial charge is 0.426 e. The maximum absolute atomic E-state index is 14.6. The van der Waals surface area contributed by atoms with Crippen LogP contribution in [-0.4, -0.2) is 111 Å². The van der Waals surface area contributed by atoms with Gasteiger partial charge in [-0.25, -0.2) is 19.2 Å². The molecule has 14 nitrogen and oxygen atoms in total. The Hall–Kier alpha value is -4.84. The van der Waals surface area contributed by atoms with E-state index in [4.69, 9.17) is 18.9 Å². The largest absolute Gasteiger partial charge is 0.495 e. The Kier molecular flexibility index (Phi) is 22.5. The number of hydrogen-bond donors (Lipinski definition) is 2. The van der Waals surface area contributed by atoms with Gasteiger partial charge in [-0.3, -0.25) is 19.6 Å². The first-order valence-corrected chi connectivity index (χ1v) is 30.3. The normalized spacial score (nSPS) is 21.1. The topological polar surface area (TPSA) is 142 Å². The lowest BCUT2D eigenvalue weighted by Crippen LogP contribution is -2.58. The summed E-state index contributed by atoms with van der Waals surface area (Å²) in [6.45, 7) is 9.50. The van der Waals surface area contributed by atoms with E-state index in [0.717, 1.165) is 149 Å². The van der Waals surface area contributed by atoms with E-state index in [2.05, 4.69) is 88.7 Å². The summed E-state index contributed by atoms with van der Waals surface area (Å²) in [7, 11) is 3.09. The standard InChI is InChI=1S/C62H82Br2N6O8/c1-43-25-27-57(75-3)55(33-43)69(53-37-49-21-15-22-50(38-53)67(49)31-11-7-5-9-29-65-41-45-17-13-19-47(63)35-45)61(73)77-59(71)60(72)78-62(74)70(56-34-44(2)26-28-58(56)76-4)54-39-51-23-16-24-52(40-54)68(51)32-12-8-6-10-30-66-42-46-18-14-20-48(64)36-46/h13-14,17-20,25-28,33-36,49-54,65-66H,5-12,15-16,21-24,29-32,37-42H2,1-4H3. The van der Waals surface area contributed by atoms with Crippen LogP contribution in [0.4, 0.5) is 21.0 Å². The number of amides is 2. The number of benzene rings is 4. The predicted octanol–water partition coefficient (Wildman–Crippen LogP) is 13.0. The summed E-state index contributed by atoms with van der Waals surface area (Å²) in [5.41, 5.74) is 5.22. The van der Waals surface area contributed by atoms with Crippen molar-refractivity contribution in [3.8, 4) is 11.5 Å². The number of ether oxygens (including phenoxy) is 4. The molecule has 4 aromatic carbocycles. The molecule has 78 heavy (non-hydrogen) atoms. The maximum Gasteiger partial charge on any atom is 0.426 e. The number of rotatable bonds is 24. The third-order valence-electron chi connectivity index (χ3n) is 16.5. The molecule has 422 valence electrons. The third kappa shape index (κ3) is 16.2. The number of piperidine rings is 4. The number of esters is 2. The van der Waals surface area contributed by atoms with Crippen LogP contribution in [0, 0.1) is 13.8 Å². The summed E-state index contributed by atoms with van der Waals surface area (Å²) in [5, 5.41) is 7.15. The van der Waals surface area contributed by atoms with Gasteiger partial charge in [0.05, 0.1) is 25.6 Å². The number of anilines is 2. The highest BCUT2D eigenvalue weighted by Crippen LogP contribution is 2.43. The summed E-state index contributed by atoms with van der Waals surface area (Å²) in [6.07, 6.45) is 15.9. The number of aryl methyl sites for hydroxylation is 2. The number of hydrogen-bond acceptors (Lipinski definition) is 12. The van der Waals surface area contributed by atoms with Crippen LogP contribution >= 0.6 is 31.9 Å². The van der Waals surface area contributed by atoms with E-state index >= 15 is 0 Å². The summed E-state index contributed by atoms with van der Waals surface area (Å²) in [4.78, 5) is 65.2. The van der Waals surface area contributed by atoms with Crippen LogP contribution < -0.4 is 29.9 Å². The van der Waals surface area contributed by atoms with Gasteiger partial charge in [0.2, 0.25) is 0 Å². The molecule has 4 saturated heterocycles. The van der Waals surface area contributed by atoms with Crippen LogP contribution in [0.25, 0.3) is 0 Å². The van der Waals surface area contributed by atoms with Gasteiger partial charge < -0.3 is 29.6 Å². The second kappa shape index (κ2) is 29.6. The zero-order chi connectivity index (χ0) is 55.0. The highest BCUT2D eigenvalue weighted by molar-refractivity contribution is 9.10. The van der Waals surface area contributed by atoms with Crippen LogP contribution in [0.5, 0.6) is 11.5 Å². The molecule has 16 heteroatoms. The SMILES string of the molecule is COc1ccc(C)cc1N(C(=O)OC(=O)C(=O)OC(=O)N(c1cc(C)ccc1OC)C1CC2CCCC(C1)N2CCCCCCNCc1cccc(Br)c1)C1CC2CCCC(C1)N2CCCCCCNCc1cccc(Br)c1. The zero-order valence-corrected chi connectivity index (χ0v) is 49.5. The molecule has 2 N–H and O–H groups in total. The van der Waals surface area contributed by atoms with Crippen molar-refractivity contribution in [2.24, 2.45) is 0 Å². The number of nitrogens with one attached hydrogen (secondary N) is 2. The summed E-state index contributed by atoms with van der Waals surface area (Å²) in [5.74, 6) is -2.24. The van der Waals surface area contributed by atoms with Crippen LogP contribution in [0.2, 0.25) is 0 Å². The first kappa shape index (κ1) is 59.3. The zero-order valence-electron chi connectivity index (χ0n) is 46.3. The number of fused-ring (bicyclic) bond motifs is 4. The van der Waals surface area contributed by atoms with E-state index < -0.39 is 24.1 Å². The van der Waals surface area contributed by atoms with Gasteiger partial charge in [0.1, 0.15) is 11.5 Å². The van der Waals surface area contributed by atoms with E-state index in [1.165, 1.54) is 20.9 Å². The highest BCUT2D eigenvalue weighted by atomic mass is 79.9. The molecule has 4 aliphatic heterocycles. The van der Waals surface area contributed by atoms with Crippen molar-refractivity contribution in [3.05, 3.63) is 116 Å². The van der Waals surface area contributed by atoms with Gasteiger partial charge in [-0.1, -0.05) is 107 Å². The van der Waals surface area contributed by atoms with Crippen LogP contribution in [-0.2, 0) is 32.2 Å². The number of nitrogens with zero attached hydrogens (tertiary/aromatic N) is 4.